The second-order valence-corrected chi connectivity index (χ2v) is 8.46. The van der Waals surface area contributed by atoms with Crippen molar-refractivity contribution in [2.45, 2.75) is 26.3 Å². The van der Waals surface area contributed by atoms with E-state index < -0.39 is 5.82 Å². The van der Waals surface area contributed by atoms with E-state index in [1.165, 1.54) is 18.2 Å². The van der Waals surface area contributed by atoms with Crippen LogP contribution in [0.2, 0.25) is 0 Å². The predicted molar refractivity (Wildman–Crippen MR) is 126 cm³/mol. The van der Waals surface area contributed by atoms with Crippen LogP contribution < -0.4 is 10.1 Å². The fourth-order valence-electron chi connectivity index (χ4n) is 4.16. The van der Waals surface area contributed by atoms with E-state index in [1.54, 1.807) is 6.07 Å². The van der Waals surface area contributed by atoms with Gasteiger partial charge in [0.1, 0.15) is 11.6 Å². The zero-order valence-electron chi connectivity index (χ0n) is 18.8. The topological polar surface area (TPSA) is 58.6 Å². The molecule has 0 radical (unpaired) electrons. The number of carbonyl (C=O) groups excluding carboxylic acids is 2. The Morgan fingerprint density at radius 2 is 1.85 bits per heavy atom. The third-order valence-electron chi connectivity index (χ3n) is 5.72. The Morgan fingerprint density at radius 1 is 1.06 bits per heavy atom. The Bertz CT molecular complexity index is 1150. The van der Waals surface area contributed by atoms with Crippen molar-refractivity contribution in [2.24, 2.45) is 5.92 Å². The third-order valence-corrected chi connectivity index (χ3v) is 5.72. The maximum atomic E-state index is 13.3. The number of carbonyl (C=O) groups is 2. The molecule has 0 saturated carbocycles. The van der Waals surface area contributed by atoms with Crippen molar-refractivity contribution < 1.29 is 18.7 Å². The van der Waals surface area contributed by atoms with Crippen molar-refractivity contribution in [3.05, 3.63) is 95.3 Å². The summed E-state index contributed by atoms with van der Waals surface area (Å²) in [7, 11) is 0. The number of anilines is 1. The summed E-state index contributed by atoms with van der Waals surface area (Å²) in [6.07, 6.45) is 0.761. The van der Waals surface area contributed by atoms with Gasteiger partial charge in [-0.3, -0.25) is 9.59 Å². The molecule has 0 aromatic heterocycles. The van der Waals surface area contributed by atoms with Crippen LogP contribution in [0.3, 0.4) is 0 Å². The number of fused-ring (bicyclic) bond motifs is 1. The number of nitrogens with one attached hydrogen (secondary N) is 1. The average molecular weight is 447 g/mol. The van der Waals surface area contributed by atoms with Crippen molar-refractivity contribution in [2.75, 3.05) is 18.5 Å². The van der Waals surface area contributed by atoms with Gasteiger partial charge in [-0.25, -0.2) is 4.39 Å². The maximum absolute atomic E-state index is 13.3. The summed E-state index contributed by atoms with van der Waals surface area (Å²) in [5.74, 6) is -0.257. The molecule has 1 unspecified atom stereocenters. The van der Waals surface area contributed by atoms with E-state index in [0.29, 0.717) is 18.0 Å². The average Bonchev–Trinajstić information content (AvgIpc) is 2.82. The molecule has 1 atom stereocenters. The van der Waals surface area contributed by atoms with E-state index in [4.69, 9.17) is 4.74 Å². The smallest absolute Gasteiger partial charge is 0.262 e. The van der Waals surface area contributed by atoms with Crippen LogP contribution in [0.4, 0.5) is 10.1 Å². The first kappa shape index (κ1) is 22.5. The molecule has 0 bridgehead atoms. The third kappa shape index (κ3) is 5.22. The summed E-state index contributed by atoms with van der Waals surface area (Å²) in [6.45, 7) is 4.27. The lowest BCUT2D eigenvalue weighted by atomic mass is 9.87. The molecule has 33 heavy (non-hydrogen) atoms. The van der Waals surface area contributed by atoms with Gasteiger partial charge in [-0.1, -0.05) is 56.3 Å². The Labute approximate surface area is 193 Å². The minimum absolute atomic E-state index is 0.107. The normalized spacial score (nSPS) is 15.2. The van der Waals surface area contributed by atoms with Crippen LogP contribution in [0.15, 0.2) is 72.8 Å². The zero-order chi connectivity index (χ0) is 23.4. The van der Waals surface area contributed by atoms with Crippen LogP contribution >= 0.6 is 0 Å². The highest BCUT2D eigenvalue weighted by Gasteiger charge is 2.33. The molecular weight excluding hydrogens is 419 g/mol. The van der Waals surface area contributed by atoms with Crippen LogP contribution in [-0.2, 0) is 16.0 Å². The molecule has 1 aliphatic rings. The van der Waals surface area contributed by atoms with Gasteiger partial charge in [0.2, 0.25) is 5.91 Å². The van der Waals surface area contributed by atoms with Gasteiger partial charge in [-0.05, 0) is 53.4 Å². The molecule has 0 spiro atoms. The van der Waals surface area contributed by atoms with Crippen LogP contribution in [0.1, 0.15) is 36.6 Å². The second kappa shape index (κ2) is 9.86. The van der Waals surface area contributed by atoms with E-state index in [2.05, 4.69) is 5.32 Å². The Balaban J connectivity index is 1.56. The van der Waals surface area contributed by atoms with E-state index in [-0.39, 0.29) is 30.4 Å². The number of hydrogen-bond donors (Lipinski definition) is 1. The van der Waals surface area contributed by atoms with Crippen molar-refractivity contribution in [1.29, 1.82) is 0 Å². The number of rotatable bonds is 6. The molecule has 6 heteroatoms. The first-order valence-corrected chi connectivity index (χ1v) is 11.1. The Kier molecular flexibility index (Phi) is 6.73. The summed E-state index contributed by atoms with van der Waals surface area (Å²) < 4.78 is 19.1. The molecule has 1 heterocycles. The first-order chi connectivity index (χ1) is 15.9. The molecule has 0 saturated heterocycles. The Morgan fingerprint density at radius 3 is 2.58 bits per heavy atom. The van der Waals surface area contributed by atoms with Crippen LogP contribution in [-0.4, -0.2) is 29.9 Å². The van der Waals surface area contributed by atoms with Gasteiger partial charge in [-0.2, -0.15) is 0 Å². The lowest BCUT2D eigenvalue weighted by Crippen LogP contribution is -2.42. The van der Waals surface area contributed by atoms with E-state index in [9.17, 15) is 14.0 Å². The monoisotopic (exact) mass is 446 g/mol. The number of amides is 2. The molecule has 3 aromatic rings. The van der Waals surface area contributed by atoms with E-state index in [0.717, 1.165) is 23.1 Å². The molecule has 1 aliphatic heterocycles. The van der Waals surface area contributed by atoms with Crippen LogP contribution in [0.25, 0.3) is 0 Å². The van der Waals surface area contributed by atoms with Gasteiger partial charge in [0.15, 0.2) is 6.61 Å². The Hall–Kier alpha value is -3.67. The first-order valence-electron chi connectivity index (χ1n) is 11.1. The molecule has 0 fully saturated rings. The fourth-order valence-corrected chi connectivity index (χ4v) is 4.16. The highest BCUT2D eigenvalue weighted by molar-refractivity contribution is 5.91. The van der Waals surface area contributed by atoms with Crippen LogP contribution in [0.5, 0.6) is 5.75 Å². The second-order valence-electron chi connectivity index (χ2n) is 8.46. The fraction of sp³-hybridized carbons (Fsp3) is 0.259. The molecule has 4 rings (SSSR count). The molecule has 170 valence electrons. The number of ether oxygens (including phenoxy) is 1. The van der Waals surface area contributed by atoms with Gasteiger partial charge >= 0.3 is 0 Å². The molecule has 5 nitrogen and oxygen atoms in total. The number of nitrogens with zero attached hydrogens (tertiary/aromatic N) is 1. The summed E-state index contributed by atoms with van der Waals surface area (Å²) in [5, 5.41) is 2.63. The van der Waals surface area contributed by atoms with Crippen LogP contribution in [0, 0.1) is 11.7 Å². The number of benzene rings is 3. The van der Waals surface area contributed by atoms with Gasteiger partial charge in [0, 0.05) is 18.2 Å². The summed E-state index contributed by atoms with van der Waals surface area (Å²) in [6, 6.07) is 21.2. The minimum Gasteiger partial charge on any atom is -0.484 e. The molecule has 1 N–H and O–H groups in total. The summed E-state index contributed by atoms with van der Waals surface area (Å²) in [5.41, 5.74) is 3.58. The van der Waals surface area contributed by atoms with Gasteiger partial charge in [-0.15, -0.1) is 0 Å². The SMILES string of the molecule is CC(C)C(=O)N1CCc2ccc(OCC(=O)Nc3cccc(F)c3)cc2C1c1ccccc1. The lowest BCUT2D eigenvalue weighted by molar-refractivity contribution is -0.136. The largest absolute Gasteiger partial charge is 0.484 e. The number of halogens is 1. The molecule has 2 amide bonds. The van der Waals surface area contributed by atoms with Gasteiger partial charge in [0.25, 0.3) is 5.91 Å². The molecule has 0 aliphatic carbocycles. The summed E-state index contributed by atoms with van der Waals surface area (Å²) in [4.78, 5) is 27.2. The van der Waals surface area contributed by atoms with Gasteiger partial charge < -0.3 is 15.0 Å². The van der Waals surface area contributed by atoms with Gasteiger partial charge in [0.05, 0.1) is 6.04 Å². The maximum Gasteiger partial charge on any atom is 0.262 e. The highest BCUT2D eigenvalue weighted by Crippen LogP contribution is 2.37. The summed E-state index contributed by atoms with van der Waals surface area (Å²) >= 11 is 0. The van der Waals surface area contributed by atoms with Crippen molar-refractivity contribution in [1.82, 2.24) is 4.90 Å². The molecule has 3 aromatic carbocycles. The predicted octanol–water partition coefficient (Wildman–Crippen LogP) is 4.97. The number of hydrogen-bond acceptors (Lipinski definition) is 3. The zero-order valence-corrected chi connectivity index (χ0v) is 18.8. The van der Waals surface area contributed by atoms with Crippen molar-refractivity contribution >= 4 is 17.5 Å². The van der Waals surface area contributed by atoms with Crippen molar-refractivity contribution in [3.63, 3.8) is 0 Å². The van der Waals surface area contributed by atoms with Crippen molar-refractivity contribution in [3.8, 4) is 5.75 Å². The van der Waals surface area contributed by atoms with E-state index >= 15 is 0 Å². The van der Waals surface area contributed by atoms with E-state index in [1.807, 2.05) is 67.3 Å². The standard InChI is InChI=1S/C27H27FN2O3/c1-18(2)27(32)30-14-13-19-11-12-23(16-24(19)26(30)20-7-4-3-5-8-20)33-17-25(31)29-22-10-6-9-21(28)15-22/h3-12,15-16,18,26H,13-14,17H2,1-2H3,(H,29,31). The lowest BCUT2D eigenvalue weighted by Gasteiger charge is -2.39. The highest BCUT2D eigenvalue weighted by atomic mass is 19.1. The minimum atomic E-state index is -0.421. The molecular formula is C27H27FN2O3. The quantitative estimate of drug-likeness (QED) is 0.581.